The smallest absolute Gasteiger partial charge is 0.285 e. The second-order valence-corrected chi connectivity index (χ2v) is 10.1. The summed E-state index contributed by atoms with van der Waals surface area (Å²) in [7, 11) is -3.70. The summed E-state index contributed by atoms with van der Waals surface area (Å²) >= 11 is 6.27. The van der Waals surface area contributed by atoms with Crippen molar-refractivity contribution in [2.75, 3.05) is 18.4 Å². The number of hydrogen-bond donors (Lipinski definition) is 1. The maximum atomic E-state index is 13.1. The van der Waals surface area contributed by atoms with Crippen molar-refractivity contribution in [3.05, 3.63) is 76.9 Å². The number of carbonyl (C=O) groups is 1. The zero-order valence-corrected chi connectivity index (χ0v) is 19.3. The number of halogens is 1. The Morgan fingerprint density at radius 2 is 1.91 bits per heavy atom. The molecule has 3 aromatic rings. The van der Waals surface area contributed by atoms with Crippen LogP contribution in [0.3, 0.4) is 0 Å². The number of sulfonamides is 1. The van der Waals surface area contributed by atoms with E-state index in [1.54, 1.807) is 41.2 Å². The topological polar surface area (TPSA) is 96.7 Å². The minimum Gasteiger partial charge on any atom is -0.355 e. The average Bonchev–Trinajstić information content (AvgIpc) is 3.37. The molecule has 170 valence electrons. The van der Waals surface area contributed by atoms with Gasteiger partial charge in [0.1, 0.15) is 10.7 Å². The Balaban J connectivity index is 1.31. The van der Waals surface area contributed by atoms with Crippen molar-refractivity contribution in [1.82, 2.24) is 14.7 Å². The van der Waals surface area contributed by atoms with Crippen molar-refractivity contribution in [2.24, 2.45) is 10.3 Å². The molecule has 2 aromatic carbocycles. The fraction of sp³-hybridized carbons (Fsp3) is 0.261. The molecule has 1 aromatic heterocycles. The van der Waals surface area contributed by atoms with Gasteiger partial charge in [0, 0.05) is 29.7 Å². The molecular formula is C23H22ClN5O3S. The van der Waals surface area contributed by atoms with E-state index in [1.807, 2.05) is 29.2 Å². The Hall–Kier alpha value is -3.17. The predicted octanol–water partition coefficient (Wildman–Crippen LogP) is 3.38. The van der Waals surface area contributed by atoms with E-state index < -0.39 is 10.0 Å². The van der Waals surface area contributed by atoms with Crippen LogP contribution in [0.15, 0.2) is 70.1 Å². The predicted molar refractivity (Wildman–Crippen MR) is 126 cm³/mol. The fourth-order valence-electron chi connectivity index (χ4n) is 4.28. The third kappa shape index (κ3) is 4.26. The van der Waals surface area contributed by atoms with Crippen LogP contribution < -0.4 is 5.32 Å². The van der Waals surface area contributed by atoms with Gasteiger partial charge < -0.3 is 10.2 Å². The van der Waals surface area contributed by atoms with Crippen molar-refractivity contribution >= 4 is 39.2 Å². The summed E-state index contributed by atoms with van der Waals surface area (Å²) in [5, 5.41) is 7.94. The molecule has 10 heteroatoms. The minimum atomic E-state index is -3.70. The number of nitrogens with one attached hydrogen (secondary N) is 1. The Morgan fingerprint density at radius 1 is 1.12 bits per heavy atom. The first-order valence-corrected chi connectivity index (χ1v) is 12.5. The number of hydrogen-bond acceptors (Lipinski definition) is 5. The molecule has 1 saturated heterocycles. The van der Waals surface area contributed by atoms with E-state index in [-0.39, 0.29) is 16.7 Å². The number of piperidine rings is 1. The maximum absolute atomic E-state index is 13.1. The number of rotatable bonds is 4. The number of aromatic nitrogens is 2. The first-order chi connectivity index (χ1) is 15.9. The standard InChI is InChI=1S/C23H22ClN5O3S/c24-19-9-3-1-6-16(19)15-29-21(11-12-25-29)26-23(30)17-7-5-13-28(14-17)22-18-8-2-4-10-20(18)33(31,32)27-22/h1-4,6,8-12,17H,5,7,13-15H2,(H,26,30). The lowest BCUT2D eigenvalue weighted by atomic mass is 9.96. The minimum absolute atomic E-state index is 0.129. The van der Waals surface area contributed by atoms with Gasteiger partial charge in [-0.15, -0.1) is 4.40 Å². The maximum Gasteiger partial charge on any atom is 0.285 e. The van der Waals surface area contributed by atoms with Crippen molar-refractivity contribution < 1.29 is 13.2 Å². The van der Waals surface area contributed by atoms with E-state index in [4.69, 9.17) is 11.6 Å². The molecule has 3 heterocycles. The molecule has 0 aliphatic carbocycles. The zero-order valence-electron chi connectivity index (χ0n) is 17.7. The van der Waals surface area contributed by atoms with Gasteiger partial charge in [0.05, 0.1) is 18.7 Å². The average molecular weight is 484 g/mol. The molecule has 0 radical (unpaired) electrons. The lowest BCUT2D eigenvalue weighted by molar-refractivity contribution is -0.121. The number of fused-ring (bicyclic) bond motifs is 1. The van der Waals surface area contributed by atoms with E-state index in [0.717, 1.165) is 12.0 Å². The highest BCUT2D eigenvalue weighted by Crippen LogP contribution is 2.30. The van der Waals surface area contributed by atoms with Gasteiger partial charge in [0.15, 0.2) is 5.84 Å². The number of carbonyl (C=O) groups excluding carboxylic acids is 1. The summed E-state index contributed by atoms with van der Waals surface area (Å²) in [6.45, 7) is 1.48. The largest absolute Gasteiger partial charge is 0.355 e. The van der Waals surface area contributed by atoms with Crippen LogP contribution in [-0.2, 0) is 21.4 Å². The van der Waals surface area contributed by atoms with Crippen LogP contribution in [0.5, 0.6) is 0 Å². The van der Waals surface area contributed by atoms with E-state index >= 15 is 0 Å². The third-order valence-corrected chi connectivity index (χ3v) is 7.64. The van der Waals surface area contributed by atoms with E-state index in [0.29, 0.717) is 48.3 Å². The number of amides is 1. The highest BCUT2D eigenvalue weighted by molar-refractivity contribution is 7.90. The normalized spacial score (nSPS) is 19.1. The lowest BCUT2D eigenvalue weighted by Crippen LogP contribution is -2.43. The SMILES string of the molecule is O=C(Nc1ccnn1Cc1ccccc1Cl)C1CCCN(C2=NS(=O)(=O)c3ccccc32)C1. The van der Waals surface area contributed by atoms with E-state index in [9.17, 15) is 13.2 Å². The van der Waals surface area contributed by atoms with Gasteiger partial charge in [0.2, 0.25) is 5.91 Å². The molecule has 0 saturated carbocycles. The van der Waals surface area contributed by atoms with Gasteiger partial charge >= 0.3 is 0 Å². The second kappa shape index (κ2) is 8.64. The van der Waals surface area contributed by atoms with Crippen LogP contribution in [0.25, 0.3) is 0 Å². The molecule has 8 nitrogen and oxygen atoms in total. The highest BCUT2D eigenvalue weighted by atomic mass is 35.5. The Bertz CT molecular complexity index is 1350. The van der Waals surface area contributed by atoms with Crippen LogP contribution in [-0.4, -0.2) is 47.9 Å². The molecule has 33 heavy (non-hydrogen) atoms. The van der Waals surface area contributed by atoms with Crippen molar-refractivity contribution in [1.29, 1.82) is 0 Å². The monoisotopic (exact) mass is 483 g/mol. The first-order valence-electron chi connectivity index (χ1n) is 10.7. The van der Waals surface area contributed by atoms with E-state index in [1.165, 1.54) is 0 Å². The van der Waals surface area contributed by atoms with E-state index in [2.05, 4.69) is 14.8 Å². The molecule has 1 fully saturated rings. The quantitative estimate of drug-likeness (QED) is 0.613. The number of amidine groups is 1. The summed E-state index contributed by atoms with van der Waals surface area (Å²) in [6, 6.07) is 16.1. The second-order valence-electron chi connectivity index (χ2n) is 8.13. The summed E-state index contributed by atoms with van der Waals surface area (Å²) in [6.07, 6.45) is 3.11. The zero-order chi connectivity index (χ0) is 23.0. The molecular weight excluding hydrogens is 462 g/mol. The van der Waals surface area contributed by atoms with Crippen LogP contribution in [0.2, 0.25) is 5.02 Å². The molecule has 0 spiro atoms. The molecule has 1 amide bonds. The summed E-state index contributed by atoms with van der Waals surface area (Å²) in [5.74, 6) is 0.575. The molecule has 0 bridgehead atoms. The van der Waals surface area contributed by atoms with Crippen LogP contribution in [0, 0.1) is 5.92 Å². The highest BCUT2D eigenvalue weighted by Gasteiger charge is 2.35. The summed E-state index contributed by atoms with van der Waals surface area (Å²) in [5.41, 5.74) is 1.50. The Morgan fingerprint density at radius 3 is 2.76 bits per heavy atom. The number of likely N-dealkylation sites (tertiary alicyclic amines) is 1. The molecule has 1 N–H and O–H groups in total. The van der Waals surface area contributed by atoms with Crippen LogP contribution >= 0.6 is 11.6 Å². The van der Waals surface area contributed by atoms with Crippen LogP contribution in [0.4, 0.5) is 5.82 Å². The lowest BCUT2D eigenvalue weighted by Gasteiger charge is -2.33. The molecule has 1 unspecified atom stereocenters. The molecule has 5 rings (SSSR count). The summed E-state index contributed by atoms with van der Waals surface area (Å²) in [4.78, 5) is 15.2. The molecule has 1 atom stereocenters. The first kappa shape index (κ1) is 21.7. The van der Waals surface area contributed by atoms with Crippen molar-refractivity contribution in [3.8, 4) is 0 Å². The van der Waals surface area contributed by atoms with Gasteiger partial charge in [-0.3, -0.25) is 4.79 Å². The van der Waals surface area contributed by atoms with Crippen LogP contribution in [0.1, 0.15) is 24.0 Å². The molecule has 2 aliphatic heterocycles. The van der Waals surface area contributed by atoms with Gasteiger partial charge in [0.25, 0.3) is 10.0 Å². The van der Waals surface area contributed by atoms with Gasteiger partial charge in [-0.2, -0.15) is 13.5 Å². The number of nitrogens with zero attached hydrogens (tertiary/aromatic N) is 4. The van der Waals surface area contributed by atoms with Gasteiger partial charge in [-0.05, 0) is 36.6 Å². The fourth-order valence-corrected chi connectivity index (χ4v) is 5.70. The Kier molecular flexibility index (Phi) is 5.67. The van der Waals surface area contributed by atoms with Crippen molar-refractivity contribution in [3.63, 3.8) is 0 Å². The number of benzene rings is 2. The number of anilines is 1. The third-order valence-electron chi connectivity index (χ3n) is 5.95. The van der Waals surface area contributed by atoms with Gasteiger partial charge in [-0.1, -0.05) is 41.9 Å². The van der Waals surface area contributed by atoms with Gasteiger partial charge in [-0.25, -0.2) is 4.68 Å². The summed E-state index contributed by atoms with van der Waals surface area (Å²) < 4.78 is 30.6. The molecule has 2 aliphatic rings. The Labute approximate surface area is 196 Å². The van der Waals surface area contributed by atoms with Crippen molar-refractivity contribution in [2.45, 2.75) is 24.3 Å².